The van der Waals surface area contributed by atoms with E-state index in [-0.39, 0.29) is 0 Å². The van der Waals surface area contributed by atoms with Gasteiger partial charge in [-0.3, -0.25) is 0 Å². The minimum Gasteiger partial charge on any atom is -0.157 e. The van der Waals surface area contributed by atoms with Gasteiger partial charge < -0.3 is 0 Å². The first-order valence-corrected chi connectivity index (χ1v) is 2.55. The molecule has 0 aromatic rings. The van der Waals surface area contributed by atoms with Gasteiger partial charge in [0.1, 0.15) is 0 Å². The first kappa shape index (κ1) is 5.09. The van der Waals surface area contributed by atoms with Crippen LogP contribution in [0.3, 0.4) is 0 Å². The molecule has 0 aromatic carbocycles. The Labute approximate surface area is 37.3 Å². The third kappa shape index (κ3) is 4.09. The number of thioether (sulfide) groups is 1. The van der Waals surface area contributed by atoms with E-state index >= 15 is 0 Å². The maximum absolute atomic E-state index is 3.52. The van der Waals surface area contributed by atoms with Gasteiger partial charge >= 0.3 is 0 Å². The van der Waals surface area contributed by atoms with Crippen molar-refractivity contribution in [2.75, 3.05) is 5.75 Å². The summed E-state index contributed by atoms with van der Waals surface area (Å²) in [7, 11) is 0. The Hall–Kier alpha value is 0.0900. The highest BCUT2D eigenvalue weighted by atomic mass is 32.2. The van der Waals surface area contributed by atoms with Crippen molar-refractivity contribution < 1.29 is 0 Å². The molecule has 0 rings (SSSR count). The van der Waals surface area contributed by atoms with Crippen molar-refractivity contribution in [3.63, 3.8) is 0 Å². The third-order valence-corrected chi connectivity index (χ3v) is 0.707. The predicted molar refractivity (Wildman–Crippen MR) is 28.0 cm³/mol. The van der Waals surface area contributed by atoms with Gasteiger partial charge in [0, 0.05) is 12.0 Å². The van der Waals surface area contributed by atoms with Crippen molar-refractivity contribution in [2.45, 2.75) is 0 Å². The molecule has 0 nitrogen and oxygen atoms in total. The monoisotopic (exact) mass is 87.0 g/mol. The van der Waals surface area contributed by atoms with E-state index in [4.69, 9.17) is 0 Å². The molecule has 0 atom stereocenters. The normalized spacial score (nSPS) is 7.40. The van der Waals surface area contributed by atoms with Crippen LogP contribution >= 0.6 is 11.8 Å². The van der Waals surface area contributed by atoms with Crippen LogP contribution in [0.15, 0.2) is 12.7 Å². The summed E-state index contributed by atoms with van der Waals surface area (Å²) in [5.74, 6) is 0.958. The van der Waals surface area contributed by atoms with E-state index in [0.717, 1.165) is 5.75 Å². The second-order valence-corrected chi connectivity index (χ2v) is 1.40. The molecule has 0 fully saturated rings. The Bertz CT molecular complexity index is 24.8. The molecule has 0 unspecified atom stereocenters. The van der Waals surface area contributed by atoms with Crippen molar-refractivity contribution in [1.82, 2.24) is 0 Å². The van der Waals surface area contributed by atoms with Crippen LogP contribution in [0.25, 0.3) is 0 Å². The largest absolute Gasteiger partial charge is 0.157 e. The quantitative estimate of drug-likeness (QED) is 0.462. The summed E-state index contributed by atoms with van der Waals surface area (Å²) in [5.41, 5.74) is 0. The van der Waals surface area contributed by atoms with Gasteiger partial charge in [-0.05, 0) is 0 Å². The highest BCUT2D eigenvalue weighted by molar-refractivity contribution is 8.00. The molecule has 0 aliphatic carbocycles. The summed E-state index contributed by atoms with van der Waals surface area (Å²) in [5, 5.41) is 0. The van der Waals surface area contributed by atoms with E-state index in [1.54, 1.807) is 0 Å². The maximum atomic E-state index is 3.52. The van der Waals surface area contributed by atoms with Crippen molar-refractivity contribution in [1.29, 1.82) is 0 Å². The van der Waals surface area contributed by atoms with Crippen LogP contribution in [0.5, 0.6) is 0 Å². The Balaban J connectivity index is 2.40. The summed E-state index contributed by atoms with van der Waals surface area (Å²) >= 11 is 1.53. The molecule has 0 aliphatic heterocycles. The topological polar surface area (TPSA) is 0 Å². The number of hydrogen-bond acceptors (Lipinski definition) is 1. The third-order valence-electron chi connectivity index (χ3n) is 0.236. The van der Waals surface area contributed by atoms with Crippen LogP contribution in [0.2, 0.25) is 0 Å². The van der Waals surface area contributed by atoms with Crippen molar-refractivity contribution in [3.8, 4) is 0 Å². The molecule has 0 aliphatic rings. The van der Waals surface area contributed by atoms with Gasteiger partial charge in [-0.1, -0.05) is 6.08 Å². The van der Waals surface area contributed by atoms with Gasteiger partial charge in [0.05, 0.1) is 0 Å². The zero-order chi connectivity index (χ0) is 4.12. The minimum atomic E-state index is 0.958. The van der Waals surface area contributed by atoms with E-state index in [0.29, 0.717) is 0 Å². The molecule has 0 aromatic heterocycles. The van der Waals surface area contributed by atoms with E-state index in [1.165, 1.54) is 11.8 Å². The molecule has 29 valence electrons. The molecule has 0 N–H and O–H groups in total. The van der Waals surface area contributed by atoms with Crippen LogP contribution in [0.1, 0.15) is 0 Å². The molecule has 0 heterocycles. The van der Waals surface area contributed by atoms with Crippen molar-refractivity contribution in [3.05, 3.63) is 18.9 Å². The minimum absolute atomic E-state index is 0.958. The average Bonchev–Trinajstić information content (AvgIpc) is 1.41. The fourth-order valence-corrected chi connectivity index (χ4v) is 0.250. The Kier molecular flexibility index (Phi) is 4.16. The van der Waals surface area contributed by atoms with Crippen LogP contribution in [-0.4, -0.2) is 5.75 Å². The van der Waals surface area contributed by atoms with Gasteiger partial charge in [0.25, 0.3) is 0 Å². The molecule has 1 heteroatoms. The second kappa shape index (κ2) is 4.09. The number of rotatable bonds is 2. The van der Waals surface area contributed by atoms with Gasteiger partial charge in [-0.25, -0.2) is 0 Å². The van der Waals surface area contributed by atoms with E-state index in [1.807, 2.05) is 6.08 Å². The zero-order valence-corrected chi connectivity index (χ0v) is 3.92. The van der Waals surface area contributed by atoms with E-state index in [9.17, 15) is 0 Å². The molecular formula is C4H7S. The Morgan fingerprint density at radius 2 is 2.40 bits per heavy atom. The number of hydrogen-bond donors (Lipinski definition) is 0. The summed E-state index contributed by atoms with van der Waals surface area (Å²) in [6, 6.07) is 0. The zero-order valence-electron chi connectivity index (χ0n) is 3.11. The second-order valence-electron chi connectivity index (χ2n) is 0.659. The van der Waals surface area contributed by atoms with Crippen LogP contribution in [0.4, 0.5) is 0 Å². The molecule has 0 bridgehead atoms. The predicted octanol–water partition coefficient (Wildman–Crippen LogP) is 1.70. The fraction of sp³-hybridized carbons (Fsp3) is 0.250. The smallest absolute Gasteiger partial charge is 0.0111 e. The van der Waals surface area contributed by atoms with Gasteiger partial charge in [-0.15, -0.1) is 6.58 Å². The molecule has 0 amide bonds. The molecule has 5 heavy (non-hydrogen) atoms. The average molecular weight is 87.2 g/mol. The van der Waals surface area contributed by atoms with Gasteiger partial charge in [0.2, 0.25) is 0 Å². The van der Waals surface area contributed by atoms with Crippen LogP contribution in [-0.2, 0) is 0 Å². The molecule has 1 radical (unpaired) electrons. The highest BCUT2D eigenvalue weighted by Crippen LogP contribution is 1.90. The van der Waals surface area contributed by atoms with Gasteiger partial charge in [0.15, 0.2) is 0 Å². The fourth-order valence-electron chi connectivity index (χ4n) is 0.0833. The Morgan fingerprint density at radius 1 is 1.80 bits per heavy atom. The highest BCUT2D eigenvalue weighted by Gasteiger charge is 1.61. The lowest BCUT2D eigenvalue weighted by Gasteiger charge is -1.73. The molecule has 0 spiro atoms. The lowest BCUT2D eigenvalue weighted by atomic mass is 10.8. The summed E-state index contributed by atoms with van der Waals surface area (Å²) in [4.78, 5) is 0. The van der Waals surface area contributed by atoms with E-state index < -0.39 is 0 Å². The molecular weight excluding hydrogens is 80.1 g/mol. The lowest BCUT2D eigenvalue weighted by Crippen LogP contribution is -1.55. The first-order chi connectivity index (χ1) is 2.41. The first-order valence-electron chi connectivity index (χ1n) is 1.39. The molecule has 0 saturated heterocycles. The maximum Gasteiger partial charge on any atom is 0.0111 e. The standard InChI is InChI=1S/C4H7S/c1-3-4-5-2/h3H,1-2,4H2. The van der Waals surface area contributed by atoms with Crippen molar-refractivity contribution in [2.24, 2.45) is 0 Å². The van der Waals surface area contributed by atoms with Crippen LogP contribution < -0.4 is 0 Å². The van der Waals surface area contributed by atoms with Crippen LogP contribution in [0, 0.1) is 6.26 Å². The summed E-state index contributed by atoms with van der Waals surface area (Å²) in [6.07, 6.45) is 5.35. The lowest BCUT2D eigenvalue weighted by molar-refractivity contribution is 1.83. The summed E-state index contributed by atoms with van der Waals surface area (Å²) < 4.78 is 0. The molecule has 0 saturated carbocycles. The summed E-state index contributed by atoms with van der Waals surface area (Å²) in [6.45, 7) is 3.49. The van der Waals surface area contributed by atoms with E-state index in [2.05, 4.69) is 12.8 Å². The van der Waals surface area contributed by atoms with Gasteiger partial charge in [-0.2, -0.15) is 11.8 Å². The SMILES string of the molecule is [CH2]SCC=C. The Morgan fingerprint density at radius 3 is 2.40 bits per heavy atom. The van der Waals surface area contributed by atoms with Crippen molar-refractivity contribution >= 4 is 11.8 Å².